The first-order chi connectivity index (χ1) is 15.6. The summed E-state index contributed by atoms with van der Waals surface area (Å²) in [7, 11) is 4.59. The molecule has 1 aliphatic heterocycles. The van der Waals surface area contributed by atoms with Crippen LogP contribution in [0.4, 0.5) is 0 Å². The van der Waals surface area contributed by atoms with Gasteiger partial charge < -0.3 is 24.2 Å². The molecule has 0 bridgehead atoms. The molecular weight excluding hydrogens is 422 g/mol. The zero-order valence-electron chi connectivity index (χ0n) is 20.0. The second-order valence-electron chi connectivity index (χ2n) is 8.92. The third-order valence-electron chi connectivity index (χ3n) is 5.83. The molecule has 0 aliphatic carbocycles. The highest BCUT2D eigenvalue weighted by Crippen LogP contribution is 2.42. The Bertz CT molecular complexity index is 1070. The van der Waals surface area contributed by atoms with Gasteiger partial charge >= 0.3 is 0 Å². The number of methoxy groups -OCH3 is 3. The fourth-order valence-corrected chi connectivity index (χ4v) is 3.94. The lowest BCUT2D eigenvalue weighted by atomic mass is 9.85. The highest BCUT2D eigenvalue weighted by molar-refractivity contribution is 6.46. The van der Waals surface area contributed by atoms with Crippen LogP contribution in [0.2, 0.25) is 0 Å². The molecule has 2 aromatic rings. The SMILES string of the molecule is COCCN1C(=O)C(=O)/C(=C(/O)c2cc(C(C)(C)C)ccc2OC)C1c1ccc(OC)cc1. The van der Waals surface area contributed by atoms with Crippen molar-refractivity contribution in [3.8, 4) is 11.5 Å². The van der Waals surface area contributed by atoms with Gasteiger partial charge in [-0.05, 0) is 40.8 Å². The molecule has 7 heteroatoms. The van der Waals surface area contributed by atoms with Crippen LogP contribution in [0.1, 0.15) is 43.5 Å². The fourth-order valence-electron chi connectivity index (χ4n) is 3.94. The van der Waals surface area contributed by atoms with E-state index in [1.54, 1.807) is 37.4 Å². The number of aliphatic hydroxyl groups is 1. The van der Waals surface area contributed by atoms with E-state index in [1.807, 2.05) is 12.1 Å². The van der Waals surface area contributed by atoms with Crippen molar-refractivity contribution in [3.05, 3.63) is 64.7 Å². The van der Waals surface area contributed by atoms with Gasteiger partial charge in [0.05, 0.1) is 38.0 Å². The molecule has 0 radical (unpaired) electrons. The molecule has 3 rings (SSSR count). The van der Waals surface area contributed by atoms with Gasteiger partial charge in [-0.1, -0.05) is 39.0 Å². The summed E-state index contributed by atoms with van der Waals surface area (Å²) < 4.78 is 15.9. The summed E-state index contributed by atoms with van der Waals surface area (Å²) in [5, 5.41) is 11.4. The fraction of sp³-hybridized carbons (Fsp3) is 0.385. The van der Waals surface area contributed by atoms with Gasteiger partial charge in [0.1, 0.15) is 17.3 Å². The Kier molecular flexibility index (Phi) is 7.12. The van der Waals surface area contributed by atoms with Crippen molar-refractivity contribution in [3.63, 3.8) is 0 Å². The maximum Gasteiger partial charge on any atom is 0.295 e. The van der Waals surface area contributed by atoms with E-state index in [0.717, 1.165) is 5.56 Å². The van der Waals surface area contributed by atoms with Crippen LogP contribution in [-0.4, -0.2) is 56.2 Å². The predicted molar refractivity (Wildman–Crippen MR) is 126 cm³/mol. The first kappa shape index (κ1) is 24.3. The Morgan fingerprint density at radius 2 is 1.67 bits per heavy atom. The lowest BCUT2D eigenvalue weighted by Crippen LogP contribution is -2.32. The van der Waals surface area contributed by atoms with Crippen LogP contribution in [0, 0.1) is 0 Å². The molecular formula is C26H31NO6. The van der Waals surface area contributed by atoms with Gasteiger partial charge in [-0.25, -0.2) is 0 Å². The molecule has 1 aliphatic rings. The lowest BCUT2D eigenvalue weighted by molar-refractivity contribution is -0.140. The minimum Gasteiger partial charge on any atom is -0.507 e. The van der Waals surface area contributed by atoms with E-state index in [-0.39, 0.29) is 29.9 Å². The molecule has 1 heterocycles. The molecule has 1 atom stereocenters. The minimum atomic E-state index is -0.769. The number of likely N-dealkylation sites (tertiary alicyclic amines) is 1. The maximum absolute atomic E-state index is 13.2. The summed E-state index contributed by atoms with van der Waals surface area (Å²) in [5.74, 6) is -0.630. The molecule has 1 saturated heterocycles. The van der Waals surface area contributed by atoms with E-state index >= 15 is 0 Å². The van der Waals surface area contributed by atoms with Crippen molar-refractivity contribution in [2.75, 3.05) is 34.5 Å². The van der Waals surface area contributed by atoms with E-state index in [0.29, 0.717) is 22.6 Å². The van der Waals surface area contributed by atoms with Crippen LogP contribution >= 0.6 is 0 Å². The van der Waals surface area contributed by atoms with Gasteiger partial charge in [-0.15, -0.1) is 0 Å². The number of nitrogens with zero attached hydrogens (tertiary/aromatic N) is 1. The Balaban J connectivity index is 2.24. The summed E-state index contributed by atoms with van der Waals surface area (Å²) in [6.45, 7) is 6.62. The molecule has 1 unspecified atom stereocenters. The van der Waals surface area contributed by atoms with Crippen LogP contribution in [0.3, 0.4) is 0 Å². The van der Waals surface area contributed by atoms with Crippen molar-refractivity contribution in [2.45, 2.75) is 32.2 Å². The predicted octanol–water partition coefficient (Wildman–Crippen LogP) is 4.07. The third kappa shape index (κ3) is 4.73. The van der Waals surface area contributed by atoms with Gasteiger partial charge in [0.15, 0.2) is 0 Å². The van der Waals surface area contributed by atoms with Crippen LogP contribution < -0.4 is 9.47 Å². The molecule has 0 saturated carbocycles. The van der Waals surface area contributed by atoms with Crippen molar-refractivity contribution in [2.24, 2.45) is 0 Å². The molecule has 0 aromatic heterocycles. The molecule has 0 spiro atoms. The maximum atomic E-state index is 13.2. The standard InChI is InChI=1S/C26H31NO6/c1-26(2,3)17-9-12-20(33-6)19(15-17)23(28)21-22(16-7-10-18(32-5)11-8-16)27(13-14-31-4)25(30)24(21)29/h7-12,15,22,28H,13-14H2,1-6H3/b23-21+. The number of ether oxygens (including phenoxy) is 3. The highest BCUT2D eigenvalue weighted by atomic mass is 16.5. The van der Waals surface area contributed by atoms with Gasteiger partial charge in [0.25, 0.3) is 11.7 Å². The van der Waals surface area contributed by atoms with Crippen LogP contribution in [-0.2, 0) is 19.7 Å². The minimum absolute atomic E-state index is 0.0191. The van der Waals surface area contributed by atoms with Gasteiger partial charge in [-0.3, -0.25) is 9.59 Å². The number of rotatable bonds is 7. The number of aliphatic hydroxyl groups excluding tert-OH is 1. The van der Waals surface area contributed by atoms with Gasteiger partial charge in [0.2, 0.25) is 0 Å². The normalized spacial score (nSPS) is 18.0. The second kappa shape index (κ2) is 9.67. The van der Waals surface area contributed by atoms with Crippen molar-refractivity contribution >= 4 is 17.4 Å². The number of carbonyl (C=O) groups is 2. The molecule has 1 N–H and O–H groups in total. The lowest BCUT2D eigenvalue weighted by Gasteiger charge is -2.25. The first-order valence-corrected chi connectivity index (χ1v) is 10.7. The zero-order chi connectivity index (χ0) is 24.3. The molecule has 1 amide bonds. The number of ketones is 1. The van der Waals surface area contributed by atoms with E-state index < -0.39 is 17.7 Å². The number of hydrogen-bond donors (Lipinski definition) is 1. The monoisotopic (exact) mass is 453 g/mol. The van der Waals surface area contributed by atoms with Crippen LogP contribution in [0.25, 0.3) is 5.76 Å². The van der Waals surface area contributed by atoms with Gasteiger partial charge in [0, 0.05) is 13.7 Å². The van der Waals surface area contributed by atoms with Crippen LogP contribution in [0.5, 0.6) is 11.5 Å². The number of amides is 1. The third-order valence-corrected chi connectivity index (χ3v) is 5.83. The molecule has 33 heavy (non-hydrogen) atoms. The Hall–Kier alpha value is -3.32. The quantitative estimate of drug-likeness (QED) is 0.386. The van der Waals surface area contributed by atoms with E-state index in [4.69, 9.17) is 14.2 Å². The summed E-state index contributed by atoms with van der Waals surface area (Å²) in [5.41, 5.74) is 1.83. The smallest absolute Gasteiger partial charge is 0.295 e. The summed E-state index contributed by atoms with van der Waals surface area (Å²) in [6.07, 6.45) is 0. The highest BCUT2D eigenvalue weighted by Gasteiger charge is 2.46. The Morgan fingerprint density at radius 3 is 2.21 bits per heavy atom. The number of carbonyl (C=O) groups excluding carboxylic acids is 2. The topological polar surface area (TPSA) is 85.3 Å². The Morgan fingerprint density at radius 1 is 1.00 bits per heavy atom. The Labute approximate surface area is 194 Å². The molecule has 176 valence electrons. The largest absolute Gasteiger partial charge is 0.507 e. The summed E-state index contributed by atoms with van der Waals surface area (Å²) in [6, 6.07) is 11.8. The molecule has 7 nitrogen and oxygen atoms in total. The van der Waals surface area contributed by atoms with Gasteiger partial charge in [-0.2, -0.15) is 0 Å². The number of hydrogen-bond acceptors (Lipinski definition) is 6. The first-order valence-electron chi connectivity index (χ1n) is 10.7. The average molecular weight is 454 g/mol. The number of benzene rings is 2. The summed E-state index contributed by atoms with van der Waals surface area (Å²) >= 11 is 0. The second-order valence-corrected chi connectivity index (χ2v) is 8.92. The zero-order valence-corrected chi connectivity index (χ0v) is 20.0. The van der Waals surface area contributed by atoms with Crippen molar-refractivity contribution in [1.29, 1.82) is 0 Å². The average Bonchev–Trinajstić information content (AvgIpc) is 3.06. The van der Waals surface area contributed by atoms with E-state index in [9.17, 15) is 14.7 Å². The van der Waals surface area contributed by atoms with Crippen molar-refractivity contribution < 1.29 is 28.9 Å². The number of Topliss-reactive ketones (excluding diaryl/α,β-unsaturated/α-hetero) is 1. The van der Waals surface area contributed by atoms with E-state index in [1.165, 1.54) is 19.1 Å². The van der Waals surface area contributed by atoms with E-state index in [2.05, 4.69) is 20.8 Å². The molecule has 1 fully saturated rings. The van der Waals surface area contributed by atoms with Crippen molar-refractivity contribution in [1.82, 2.24) is 4.90 Å². The van der Waals surface area contributed by atoms with Crippen LogP contribution in [0.15, 0.2) is 48.0 Å². The molecule has 2 aromatic carbocycles. The summed E-state index contributed by atoms with van der Waals surface area (Å²) in [4.78, 5) is 27.6.